The largest absolute Gasteiger partial charge is 0.467 e. The van der Waals surface area contributed by atoms with Crippen LogP contribution in [0.4, 0.5) is 10.1 Å². The van der Waals surface area contributed by atoms with E-state index >= 15 is 0 Å². The smallest absolute Gasteiger partial charge is 0.254 e. The van der Waals surface area contributed by atoms with E-state index in [-0.39, 0.29) is 24.6 Å². The topological polar surface area (TPSA) is 72.8 Å². The van der Waals surface area contributed by atoms with E-state index in [1.54, 1.807) is 23.1 Å². The van der Waals surface area contributed by atoms with Crippen molar-refractivity contribution in [3.63, 3.8) is 0 Å². The zero-order valence-electron chi connectivity index (χ0n) is 23.2. The lowest BCUT2D eigenvalue weighted by Crippen LogP contribution is -2.43. The summed E-state index contributed by atoms with van der Waals surface area (Å²) in [7, 11) is 3.96. The lowest BCUT2D eigenvalue weighted by molar-refractivity contribution is -0.132. The minimum atomic E-state index is -0.512. The molecule has 2 aromatic heterocycles. The monoisotopic (exact) mass is 552 g/mol. The molecular formula is C33H33FN4O3. The van der Waals surface area contributed by atoms with E-state index in [9.17, 15) is 14.0 Å². The molecule has 0 aliphatic heterocycles. The molecule has 5 rings (SSSR count). The molecule has 3 aromatic carbocycles. The van der Waals surface area contributed by atoms with Crippen molar-refractivity contribution in [2.24, 2.45) is 0 Å². The van der Waals surface area contributed by atoms with Crippen LogP contribution in [0.3, 0.4) is 0 Å². The maximum absolute atomic E-state index is 14.0. The predicted octanol–water partition coefficient (Wildman–Crippen LogP) is 5.88. The molecule has 0 bridgehead atoms. The lowest BCUT2D eigenvalue weighted by atomic mass is 10.1. The Morgan fingerprint density at radius 1 is 0.878 bits per heavy atom. The number of amides is 2. The fraction of sp³-hybridized carbons (Fsp3) is 0.212. The number of anilines is 1. The number of para-hydroxylation sites is 1. The van der Waals surface area contributed by atoms with Crippen molar-refractivity contribution in [2.75, 3.05) is 32.1 Å². The molecule has 1 N–H and O–H groups in total. The van der Waals surface area contributed by atoms with Gasteiger partial charge in [0.2, 0.25) is 5.91 Å². The van der Waals surface area contributed by atoms with Gasteiger partial charge < -0.3 is 24.1 Å². The summed E-state index contributed by atoms with van der Waals surface area (Å²) in [5.41, 5.74) is 4.39. The van der Waals surface area contributed by atoms with Crippen LogP contribution < -0.4 is 4.90 Å². The maximum atomic E-state index is 14.0. The summed E-state index contributed by atoms with van der Waals surface area (Å²) in [6.45, 7) is 0.748. The third-order valence-electron chi connectivity index (χ3n) is 7.12. The first-order valence-corrected chi connectivity index (χ1v) is 13.5. The average molecular weight is 553 g/mol. The molecule has 2 heterocycles. The minimum absolute atomic E-state index is 0.0852. The Morgan fingerprint density at radius 2 is 1.68 bits per heavy atom. The van der Waals surface area contributed by atoms with Crippen LogP contribution in [0.2, 0.25) is 0 Å². The van der Waals surface area contributed by atoms with Crippen LogP contribution in [-0.4, -0.2) is 53.8 Å². The number of aromatic nitrogens is 1. The number of rotatable bonds is 11. The number of carbonyl (C=O) groups is 2. The molecule has 0 unspecified atom stereocenters. The highest BCUT2D eigenvalue weighted by Gasteiger charge is 2.24. The summed E-state index contributed by atoms with van der Waals surface area (Å²) in [5.74, 6) is -0.632. The van der Waals surface area contributed by atoms with Gasteiger partial charge in [0.1, 0.15) is 18.1 Å². The molecule has 0 radical (unpaired) electrons. The molecule has 41 heavy (non-hydrogen) atoms. The van der Waals surface area contributed by atoms with E-state index in [1.807, 2.05) is 67.7 Å². The first-order chi connectivity index (χ1) is 19.9. The molecule has 210 valence electrons. The van der Waals surface area contributed by atoms with Gasteiger partial charge in [0.05, 0.1) is 12.8 Å². The van der Waals surface area contributed by atoms with Gasteiger partial charge in [-0.3, -0.25) is 9.59 Å². The number of carbonyl (C=O) groups excluding carboxylic acids is 2. The van der Waals surface area contributed by atoms with Crippen LogP contribution in [0.25, 0.3) is 10.9 Å². The molecule has 0 fully saturated rings. The second-order valence-corrected chi connectivity index (χ2v) is 10.2. The van der Waals surface area contributed by atoms with Gasteiger partial charge >= 0.3 is 0 Å². The van der Waals surface area contributed by atoms with Gasteiger partial charge in [-0.25, -0.2) is 4.39 Å². The SMILES string of the molecule is CN(C)c1ccc(CN(CCc2c[nH]c3ccccc23)C(=O)CN(Cc2ccco2)C(=O)c2cccc(F)c2)cc1. The lowest BCUT2D eigenvalue weighted by Gasteiger charge is -2.28. The number of H-pyrrole nitrogens is 1. The van der Waals surface area contributed by atoms with Crippen molar-refractivity contribution in [3.8, 4) is 0 Å². The molecule has 0 saturated heterocycles. The number of benzene rings is 3. The average Bonchev–Trinajstić information content (AvgIpc) is 3.65. The van der Waals surface area contributed by atoms with Gasteiger partial charge in [0.25, 0.3) is 5.91 Å². The van der Waals surface area contributed by atoms with Gasteiger partial charge in [-0.1, -0.05) is 36.4 Å². The standard InChI is InChI=1S/C33H33FN4O3/c1-36(2)28-14-12-24(13-15-28)21-37(17-16-26-20-35-31-11-4-3-10-30(26)31)32(39)23-38(22-29-9-6-18-41-29)33(40)25-7-5-8-27(34)19-25/h3-15,18-20,35H,16-17,21-23H2,1-2H3. The Labute approximate surface area is 238 Å². The zero-order chi connectivity index (χ0) is 28.8. The van der Waals surface area contributed by atoms with Gasteiger partial charge in [-0.2, -0.15) is 0 Å². The summed E-state index contributed by atoms with van der Waals surface area (Å²) >= 11 is 0. The molecule has 2 amide bonds. The highest BCUT2D eigenvalue weighted by atomic mass is 19.1. The fourth-order valence-electron chi connectivity index (χ4n) is 4.86. The third kappa shape index (κ3) is 6.84. The van der Waals surface area contributed by atoms with Crippen molar-refractivity contribution in [3.05, 3.63) is 126 Å². The summed E-state index contributed by atoms with van der Waals surface area (Å²) in [6.07, 6.45) is 4.14. The normalized spacial score (nSPS) is 11.0. The quantitative estimate of drug-likeness (QED) is 0.222. The van der Waals surface area contributed by atoms with Gasteiger partial charge in [-0.15, -0.1) is 0 Å². The Balaban J connectivity index is 1.39. The molecule has 0 spiro atoms. The number of hydrogen-bond acceptors (Lipinski definition) is 4. The third-order valence-corrected chi connectivity index (χ3v) is 7.12. The van der Waals surface area contributed by atoms with Crippen molar-refractivity contribution < 1.29 is 18.4 Å². The van der Waals surface area contributed by atoms with E-state index in [2.05, 4.69) is 11.1 Å². The predicted molar refractivity (Wildman–Crippen MR) is 158 cm³/mol. The number of fused-ring (bicyclic) bond motifs is 1. The van der Waals surface area contributed by atoms with Crippen LogP contribution >= 0.6 is 0 Å². The summed E-state index contributed by atoms with van der Waals surface area (Å²) in [5, 5.41) is 1.12. The van der Waals surface area contributed by atoms with Crippen molar-refractivity contribution >= 4 is 28.4 Å². The van der Waals surface area contributed by atoms with Crippen LogP contribution in [0.15, 0.2) is 102 Å². The molecular weight excluding hydrogens is 519 g/mol. The van der Waals surface area contributed by atoms with Gasteiger partial charge in [0, 0.05) is 55.5 Å². The van der Waals surface area contributed by atoms with E-state index in [4.69, 9.17) is 4.42 Å². The van der Waals surface area contributed by atoms with E-state index in [0.29, 0.717) is 25.3 Å². The fourth-order valence-corrected chi connectivity index (χ4v) is 4.86. The Kier molecular flexibility index (Phi) is 8.48. The van der Waals surface area contributed by atoms with Crippen LogP contribution in [0.5, 0.6) is 0 Å². The van der Waals surface area contributed by atoms with Crippen molar-refractivity contribution in [1.82, 2.24) is 14.8 Å². The highest BCUT2D eigenvalue weighted by Crippen LogP contribution is 2.20. The summed E-state index contributed by atoms with van der Waals surface area (Å²) in [4.78, 5) is 35.9. The number of nitrogens with zero attached hydrogens (tertiary/aromatic N) is 3. The number of halogens is 1. The van der Waals surface area contributed by atoms with E-state index < -0.39 is 11.7 Å². The number of nitrogens with one attached hydrogen (secondary N) is 1. The first-order valence-electron chi connectivity index (χ1n) is 13.5. The minimum Gasteiger partial charge on any atom is -0.467 e. The second kappa shape index (κ2) is 12.6. The van der Waals surface area contributed by atoms with Crippen molar-refractivity contribution in [2.45, 2.75) is 19.5 Å². The maximum Gasteiger partial charge on any atom is 0.254 e. The van der Waals surface area contributed by atoms with Gasteiger partial charge in [0.15, 0.2) is 0 Å². The molecule has 0 saturated carbocycles. The highest BCUT2D eigenvalue weighted by molar-refractivity contribution is 5.96. The Morgan fingerprint density at radius 3 is 2.41 bits per heavy atom. The number of hydrogen-bond donors (Lipinski definition) is 1. The first kappa shape index (κ1) is 27.7. The van der Waals surface area contributed by atoms with Crippen LogP contribution in [-0.2, 0) is 24.3 Å². The summed E-state index contributed by atoms with van der Waals surface area (Å²) < 4.78 is 19.4. The summed E-state index contributed by atoms with van der Waals surface area (Å²) in [6, 6.07) is 25.1. The molecule has 7 nitrogen and oxygen atoms in total. The molecule has 0 atom stereocenters. The number of furan rings is 1. The van der Waals surface area contributed by atoms with Crippen LogP contribution in [0.1, 0.15) is 27.2 Å². The zero-order valence-corrected chi connectivity index (χ0v) is 23.2. The molecule has 0 aliphatic rings. The molecule has 8 heteroatoms. The molecule has 0 aliphatic carbocycles. The Hall–Kier alpha value is -4.85. The number of aromatic amines is 1. The van der Waals surface area contributed by atoms with E-state index in [0.717, 1.165) is 27.7 Å². The van der Waals surface area contributed by atoms with E-state index in [1.165, 1.54) is 29.4 Å². The Bertz CT molecular complexity index is 1610. The second-order valence-electron chi connectivity index (χ2n) is 10.2. The van der Waals surface area contributed by atoms with Gasteiger partial charge in [-0.05, 0) is 66.1 Å². The van der Waals surface area contributed by atoms with Crippen molar-refractivity contribution in [1.29, 1.82) is 0 Å². The van der Waals surface area contributed by atoms with Crippen LogP contribution in [0, 0.1) is 5.82 Å². The molecule has 5 aromatic rings.